The molecule has 9 aromatic rings. The molecule has 4 aliphatic rings. The molecular formula is C75H76BN3. The summed E-state index contributed by atoms with van der Waals surface area (Å²) in [5, 5.41) is 0. The van der Waals surface area contributed by atoms with Crippen molar-refractivity contribution in [3.05, 3.63) is 228 Å². The molecular weight excluding hydrogens is 954 g/mol. The lowest BCUT2D eigenvalue weighted by Gasteiger charge is -2.49. The fraction of sp³-hybridized carbons (Fsp3) is 0.280. The van der Waals surface area contributed by atoms with E-state index >= 15 is 0 Å². The van der Waals surface area contributed by atoms with E-state index in [1.54, 1.807) is 0 Å². The highest BCUT2D eigenvalue weighted by Gasteiger charge is 2.49. The monoisotopic (exact) mass is 1030 g/mol. The third-order valence-corrected chi connectivity index (χ3v) is 19.0. The first-order valence-electron chi connectivity index (χ1n) is 29.1. The predicted molar refractivity (Wildman–Crippen MR) is 340 cm³/mol. The summed E-state index contributed by atoms with van der Waals surface area (Å²) < 4.78 is 0. The van der Waals surface area contributed by atoms with Gasteiger partial charge in [0.05, 0.1) is 11.4 Å². The van der Waals surface area contributed by atoms with Crippen LogP contribution in [0.5, 0.6) is 0 Å². The predicted octanol–water partition coefficient (Wildman–Crippen LogP) is 18.9. The van der Waals surface area contributed by atoms with E-state index in [-0.39, 0.29) is 33.8 Å². The quantitative estimate of drug-likeness (QED) is 0.147. The van der Waals surface area contributed by atoms with Crippen LogP contribution in [-0.4, -0.2) is 6.71 Å². The number of hydrogen-bond acceptors (Lipinski definition) is 3. The molecule has 2 heterocycles. The summed E-state index contributed by atoms with van der Waals surface area (Å²) in [6, 6.07) is 74.4. The highest BCUT2D eigenvalue weighted by atomic mass is 15.2. The fourth-order valence-corrected chi connectivity index (χ4v) is 14.1. The normalized spacial score (nSPS) is 17.0. The number of rotatable bonds is 7. The van der Waals surface area contributed by atoms with Gasteiger partial charge in [-0.2, -0.15) is 0 Å². The Kier molecular flexibility index (Phi) is 11.8. The molecule has 0 atom stereocenters. The molecule has 0 bridgehead atoms. The zero-order valence-electron chi connectivity index (χ0n) is 48.7. The molecule has 3 nitrogen and oxygen atoms in total. The lowest BCUT2D eigenvalue weighted by molar-refractivity contribution is 0.332. The number of nitrogens with zero attached hydrogens (tertiary/aromatic N) is 3. The molecule has 394 valence electrons. The van der Waals surface area contributed by atoms with Crippen molar-refractivity contribution < 1.29 is 0 Å². The van der Waals surface area contributed by atoms with E-state index < -0.39 is 0 Å². The first kappa shape index (κ1) is 50.9. The SMILES string of the molecule is Cc1cc(-c2ccccc2)ccc1N1c2cc3c(cc2B2c4cc5c(cc4N(c4ccc(C(C)(C)C)cc4-c4ccccc4)c4cc(N(c6ccccc6)c6ccccc6)cc1c42)C(C)(C)CCC5(C)C)C(C)(C)CCC3(C)C. The first-order chi connectivity index (χ1) is 37.7. The summed E-state index contributed by atoms with van der Waals surface area (Å²) in [4.78, 5) is 7.89. The Labute approximate surface area is 472 Å². The molecule has 0 fully saturated rings. The molecule has 2 aliphatic carbocycles. The van der Waals surface area contributed by atoms with Crippen LogP contribution in [0.25, 0.3) is 22.3 Å². The van der Waals surface area contributed by atoms with Gasteiger partial charge in [-0.3, -0.25) is 0 Å². The van der Waals surface area contributed by atoms with Crippen LogP contribution in [0.15, 0.2) is 194 Å². The molecule has 9 aromatic carbocycles. The fourth-order valence-electron chi connectivity index (χ4n) is 14.1. The smallest absolute Gasteiger partial charge is 0.252 e. The molecule has 0 saturated heterocycles. The summed E-state index contributed by atoms with van der Waals surface area (Å²) in [5.74, 6) is 0. The first-order valence-corrected chi connectivity index (χ1v) is 29.1. The Morgan fingerprint density at radius 2 is 0.797 bits per heavy atom. The largest absolute Gasteiger partial charge is 0.311 e. The maximum atomic E-state index is 2.72. The molecule has 0 unspecified atom stereocenters. The number of para-hydroxylation sites is 2. The summed E-state index contributed by atoms with van der Waals surface area (Å²) in [6.45, 7) is 29.3. The van der Waals surface area contributed by atoms with Crippen LogP contribution >= 0.6 is 0 Å². The van der Waals surface area contributed by atoms with Crippen LogP contribution in [0, 0.1) is 6.92 Å². The average molecular weight is 1030 g/mol. The van der Waals surface area contributed by atoms with Gasteiger partial charge in [0, 0.05) is 45.4 Å². The topological polar surface area (TPSA) is 9.72 Å². The molecule has 79 heavy (non-hydrogen) atoms. The third kappa shape index (κ3) is 8.38. The Bertz CT molecular complexity index is 3810. The van der Waals surface area contributed by atoms with Crippen LogP contribution in [0.2, 0.25) is 0 Å². The van der Waals surface area contributed by atoms with Gasteiger partial charge in [0.1, 0.15) is 0 Å². The lowest BCUT2D eigenvalue weighted by Crippen LogP contribution is -2.62. The Balaban J connectivity index is 1.22. The van der Waals surface area contributed by atoms with Gasteiger partial charge in [-0.25, -0.2) is 0 Å². The van der Waals surface area contributed by atoms with E-state index in [1.807, 2.05) is 0 Å². The van der Waals surface area contributed by atoms with Crippen molar-refractivity contribution in [1.29, 1.82) is 0 Å². The molecule has 0 aromatic heterocycles. The maximum Gasteiger partial charge on any atom is 0.252 e. The van der Waals surface area contributed by atoms with Crippen LogP contribution in [0.4, 0.5) is 51.2 Å². The third-order valence-electron chi connectivity index (χ3n) is 19.0. The highest BCUT2D eigenvalue weighted by molar-refractivity contribution is 7.00. The Morgan fingerprint density at radius 3 is 1.25 bits per heavy atom. The van der Waals surface area contributed by atoms with Gasteiger partial charge in [-0.1, -0.05) is 197 Å². The molecule has 0 radical (unpaired) electrons. The molecule has 0 spiro atoms. The zero-order valence-corrected chi connectivity index (χ0v) is 48.7. The summed E-state index contributed by atoms with van der Waals surface area (Å²) in [7, 11) is 0. The standard InChI is InChI=1S/C75H76BN3/c1-49-41-52(50-25-17-13-18-26-50)33-35-64(49)78-66-47-60-58(72(5,6)37-39-74(60,9)10)45-62(66)76-63-46-59-61(75(11,12)40-38-73(59,7)8)48-67(63)79(65-36-34-53(71(2,3)4)42-57(65)51-27-19-14-20-28-51)69-44-56(43-68(78)70(69)76)77(54-29-21-15-22-30-54)55-31-23-16-24-32-55/h13-36,41-48H,37-40H2,1-12H3. The van der Waals surface area contributed by atoms with Crippen LogP contribution in [0.3, 0.4) is 0 Å². The van der Waals surface area contributed by atoms with Gasteiger partial charge in [-0.05, 0) is 199 Å². The molecule has 13 rings (SSSR count). The van der Waals surface area contributed by atoms with Crippen molar-refractivity contribution in [1.82, 2.24) is 0 Å². The minimum atomic E-state index is -0.0633. The second-order valence-corrected chi connectivity index (χ2v) is 27.2. The lowest BCUT2D eigenvalue weighted by atomic mass is 9.32. The summed E-state index contributed by atoms with van der Waals surface area (Å²) in [5.41, 5.74) is 28.1. The van der Waals surface area contributed by atoms with Crippen LogP contribution in [0.1, 0.15) is 135 Å². The molecule has 0 amide bonds. The van der Waals surface area contributed by atoms with Crippen molar-refractivity contribution >= 4 is 74.3 Å². The molecule has 4 heteroatoms. The highest BCUT2D eigenvalue weighted by Crippen LogP contribution is 2.55. The van der Waals surface area contributed by atoms with Crippen molar-refractivity contribution in [3.8, 4) is 22.3 Å². The molecule has 0 saturated carbocycles. The summed E-state index contributed by atoms with van der Waals surface area (Å²) in [6.07, 6.45) is 4.57. The van der Waals surface area contributed by atoms with Gasteiger partial charge in [-0.15, -0.1) is 0 Å². The van der Waals surface area contributed by atoms with Gasteiger partial charge < -0.3 is 14.7 Å². The summed E-state index contributed by atoms with van der Waals surface area (Å²) >= 11 is 0. The van der Waals surface area contributed by atoms with Crippen molar-refractivity contribution in [2.24, 2.45) is 0 Å². The van der Waals surface area contributed by atoms with Gasteiger partial charge in [0.25, 0.3) is 6.71 Å². The number of anilines is 9. The van der Waals surface area contributed by atoms with Gasteiger partial charge in [0.15, 0.2) is 0 Å². The van der Waals surface area contributed by atoms with Crippen LogP contribution in [-0.2, 0) is 27.1 Å². The van der Waals surface area contributed by atoms with E-state index in [4.69, 9.17) is 0 Å². The van der Waals surface area contributed by atoms with Gasteiger partial charge in [0.2, 0.25) is 0 Å². The Hall–Kier alpha value is -7.56. The second kappa shape index (κ2) is 18.2. The number of benzene rings is 9. The van der Waals surface area contributed by atoms with E-state index in [1.165, 1.54) is 106 Å². The minimum Gasteiger partial charge on any atom is -0.311 e. The van der Waals surface area contributed by atoms with E-state index in [2.05, 4.69) is 292 Å². The number of fused-ring (bicyclic) bond motifs is 6. The van der Waals surface area contributed by atoms with E-state index in [0.717, 1.165) is 42.7 Å². The maximum absolute atomic E-state index is 2.72. The molecule has 0 N–H and O–H groups in total. The van der Waals surface area contributed by atoms with E-state index in [9.17, 15) is 0 Å². The number of aryl methyl sites for hydroxylation is 1. The van der Waals surface area contributed by atoms with E-state index in [0.29, 0.717) is 0 Å². The number of hydrogen-bond donors (Lipinski definition) is 0. The second-order valence-electron chi connectivity index (χ2n) is 27.2. The zero-order chi connectivity index (χ0) is 55.0. The minimum absolute atomic E-state index is 0.00157. The van der Waals surface area contributed by atoms with Crippen molar-refractivity contribution in [2.75, 3.05) is 14.7 Å². The van der Waals surface area contributed by atoms with Crippen LogP contribution < -0.4 is 31.1 Å². The van der Waals surface area contributed by atoms with Crippen molar-refractivity contribution in [2.45, 2.75) is 136 Å². The average Bonchev–Trinajstić information content (AvgIpc) is 2.70. The van der Waals surface area contributed by atoms with Crippen molar-refractivity contribution in [3.63, 3.8) is 0 Å². The Morgan fingerprint density at radius 1 is 0.380 bits per heavy atom. The van der Waals surface area contributed by atoms with Gasteiger partial charge >= 0.3 is 0 Å². The molecule has 2 aliphatic heterocycles.